The highest BCUT2D eigenvalue weighted by atomic mass is 16.6. The van der Waals surface area contributed by atoms with Crippen LogP contribution < -0.4 is 9.64 Å². The second-order valence-corrected chi connectivity index (χ2v) is 11.3. The third kappa shape index (κ3) is 3.62. The summed E-state index contributed by atoms with van der Waals surface area (Å²) in [4.78, 5) is 17.8. The Labute approximate surface area is 203 Å². The van der Waals surface area contributed by atoms with Crippen LogP contribution in [0.4, 0.5) is 5.69 Å². The van der Waals surface area contributed by atoms with Crippen LogP contribution in [-0.2, 0) is 14.3 Å². The Morgan fingerprint density at radius 3 is 2.53 bits per heavy atom. The largest absolute Gasteiger partial charge is 0.495 e. The molecule has 2 heterocycles. The Bertz CT molecular complexity index is 918. The molecule has 2 aliphatic heterocycles. The first-order valence-electron chi connectivity index (χ1n) is 12.8. The summed E-state index contributed by atoms with van der Waals surface area (Å²) >= 11 is 0. The Morgan fingerprint density at radius 2 is 1.82 bits per heavy atom. The van der Waals surface area contributed by atoms with E-state index in [0.717, 1.165) is 63.3 Å². The third-order valence-electron chi connectivity index (χ3n) is 9.71. The van der Waals surface area contributed by atoms with E-state index in [-0.39, 0.29) is 29.3 Å². The molecule has 0 aromatic heterocycles. The van der Waals surface area contributed by atoms with E-state index in [1.54, 1.807) is 14.2 Å². The Morgan fingerprint density at radius 1 is 1.09 bits per heavy atom. The summed E-state index contributed by atoms with van der Waals surface area (Å²) in [5, 5.41) is 12.1. The number of rotatable bonds is 5. The summed E-state index contributed by atoms with van der Waals surface area (Å²) < 4.78 is 17.4. The smallest absolute Gasteiger partial charge is 0.310 e. The monoisotopic (exact) mass is 472 g/mol. The van der Waals surface area contributed by atoms with Gasteiger partial charge >= 0.3 is 5.97 Å². The van der Waals surface area contributed by atoms with Gasteiger partial charge in [-0.2, -0.15) is 0 Å². The molecular formula is C27H40N2O5. The molecule has 2 saturated carbocycles. The molecule has 2 aliphatic carbocycles. The molecular weight excluding hydrogens is 432 g/mol. The summed E-state index contributed by atoms with van der Waals surface area (Å²) in [7, 11) is 3.42. The van der Waals surface area contributed by atoms with E-state index in [2.05, 4.69) is 29.7 Å². The van der Waals surface area contributed by atoms with E-state index in [0.29, 0.717) is 13.0 Å². The molecule has 5 rings (SSSR count). The average molecular weight is 473 g/mol. The molecule has 1 aromatic rings. The summed E-state index contributed by atoms with van der Waals surface area (Å²) in [6.45, 7) is 8.45. The van der Waals surface area contributed by atoms with Gasteiger partial charge in [0.05, 0.1) is 29.9 Å². The molecule has 7 heteroatoms. The molecule has 1 N–H and O–H groups in total. The first-order valence-corrected chi connectivity index (χ1v) is 12.8. The molecule has 0 spiro atoms. The lowest BCUT2D eigenvalue weighted by molar-refractivity contribution is -0.270. The predicted octanol–water partition coefficient (Wildman–Crippen LogP) is 3.10. The van der Waals surface area contributed by atoms with E-state index >= 15 is 0 Å². The molecule has 4 fully saturated rings. The fraction of sp³-hybridized carbons (Fsp3) is 0.741. The number of ether oxygens (including phenoxy) is 3. The van der Waals surface area contributed by atoms with Crippen LogP contribution in [0.25, 0.3) is 0 Å². The van der Waals surface area contributed by atoms with Crippen LogP contribution in [0.5, 0.6) is 5.75 Å². The number of aliphatic hydroxyl groups is 1. The van der Waals surface area contributed by atoms with Gasteiger partial charge < -0.3 is 24.2 Å². The first kappa shape index (κ1) is 23.9. The molecule has 0 radical (unpaired) electrons. The van der Waals surface area contributed by atoms with Crippen LogP contribution in [0.3, 0.4) is 0 Å². The predicted molar refractivity (Wildman–Crippen MR) is 130 cm³/mol. The van der Waals surface area contributed by atoms with Crippen molar-refractivity contribution in [3.05, 3.63) is 24.3 Å². The lowest BCUT2D eigenvalue weighted by Crippen LogP contribution is -2.69. The van der Waals surface area contributed by atoms with E-state index in [1.165, 1.54) is 0 Å². The highest BCUT2D eigenvalue weighted by molar-refractivity contribution is 5.75. The fourth-order valence-electron chi connectivity index (χ4n) is 7.43. The van der Waals surface area contributed by atoms with E-state index in [4.69, 9.17) is 14.2 Å². The number of para-hydroxylation sites is 2. The van der Waals surface area contributed by atoms with Crippen molar-refractivity contribution in [1.82, 2.24) is 4.90 Å². The summed E-state index contributed by atoms with van der Waals surface area (Å²) in [6, 6.07) is 8.13. The lowest BCUT2D eigenvalue weighted by atomic mass is 9.49. The summed E-state index contributed by atoms with van der Waals surface area (Å²) in [5.74, 6) is 0.641. The highest BCUT2D eigenvalue weighted by Gasteiger charge is 2.67. The number of esters is 1. The SMILES string of the molecule is COc1ccccc1N1CCN(CC2C(=O)OC3CC4(C)CCCC(C)(OC)C4(O)CC32)CC1. The van der Waals surface area contributed by atoms with Gasteiger partial charge in [0, 0.05) is 51.2 Å². The fourth-order valence-corrected chi connectivity index (χ4v) is 7.43. The van der Waals surface area contributed by atoms with Crippen molar-refractivity contribution in [1.29, 1.82) is 0 Å². The topological polar surface area (TPSA) is 71.5 Å². The lowest BCUT2D eigenvalue weighted by Gasteiger charge is -2.62. The maximum Gasteiger partial charge on any atom is 0.310 e. The molecule has 34 heavy (non-hydrogen) atoms. The number of methoxy groups -OCH3 is 2. The number of anilines is 1. The number of nitrogens with zero attached hydrogens (tertiary/aromatic N) is 2. The Hall–Kier alpha value is -1.83. The van der Waals surface area contributed by atoms with Crippen LogP contribution in [0.1, 0.15) is 46.0 Å². The number of hydrogen-bond donors (Lipinski definition) is 1. The minimum absolute atomic E-state index is 0.0328. The van der Waals surface area contributed by atoms with Crippen LogP contribution in [0.2, 0.25) is 0 Å². The van der Waals surface area contributed by atoms with Crippen LogP contribution in [-0.4, -0.2) is 80.2 Å². The third-order valence-corrected chi connectivity index (χ3v) is 9.71. The van der Waals surface area contributed by atoms with Gasteiger partial charge in [-0.3, -0.25) is 9.69 Å². The number of carbonyl (C=O) groups excluding carboxylic acids is 1. The number of benzene rings is 1. The van der Waals surface area contributed by atoms with Crippen LogP contribution >= 0.6 is 0 Å². The normalized spacial score (nSPS) is 40.4. The molecule has 7 nitrogen and oxygen atoms in total. The number of piperazine rings is 1. The molecule has 4 aliphatic rings. The highest BCUT2D eigenvalue weighted by Crippen LogP contribution is 2.61. The van der Waals surface area contributed by atoms with Gasteiger partial charge in [-0.25, -0.2) is 0 Å². The van der Waals surface area contributed by atoms with Gasteiger partial charge in [0.2, 0.25) is 0 Å². The second-order valence-electron chi connectivity index (χ2n) is 11.3. The first-order chi connectivity index (χ1) is 16.2. The van der Waals surface area contributed by atoms with Gasteiger partial charge in [-0.1, -0.05) is 19.1 Å². The van der Waals surface area contributed by atoms with Gasteiger partial charge in [-0.05, 0) is 51.2 Å². The van der Waals surface area contributed by atoms with Crippen molar-refractivity contribution < 1.29 is 24.1 Å². The second kappa shape index (κ2) is 8.68. The zero-order valence-corrected chi connectivity index (χ0v) is 21.1. The quantitative estimate of drug-likeness (QED) is 0.661. The van der Waals surface area contributed by atoms with Crippen molar-refractivity contribution in [2.45, 2.75) is 63.3 Å². The number of hydrogen-bond acceptors (Lipinski definition) is 7. The maximum atomic E-state index is 13.0. The van der Waals surface area contributed by atoms with Gasteiger partial charge in [-0.15, -0.1) is 0 Å². The molecule has 188 valence electrons. The Balaban J connectivity index is 1.28. The van der Waals surface area contributed by atoms with E-state index in [1.807, 2.05) is 18.2 Å². The minimum atomic E-state index is -0.955. The number of carbonyl (C=O) groups is 1. The summed E-state index contributed by atoms with van der Waals surface area (Å²) in [6.07, 6.45) is 3.99. The molecule has 2 saturated heterocycles. The Kier molecular flexibility index (Phi) is 6.10. The van der Waals surface area contributed by atoms with Crippen molar-refractivity contribution in [2.75, 3.05) is 51.8 Å². The van der Waals surface area contributed by atoms with Crippen molar-refractivity contribution >= 4 is 11.7 Å². The van der Waals surface area contributed by atoms with Gasteiger partial charge in [0.1, 0.15) is 11.9 Å². The minimum Gasteiger partial charge on any atom is -0.495 e. The zero-order chi connectivity index (χ0) is 24.1. The maximum absolute atomic E-state index is 13.0. The van der Waals surface area contributed by atoms with Crippen molar-refractivity contribution in [3.63, 3.8) is 0 Å². The zero-order valence-electron chi connectivity index (χ0n) is 21.1. The number of fused-ring (bicyclic) bond motifs is 2. The molecule has 1 aromatic carbocycles. The van der Waals surface area contributed by atoms with Gasteiger partial charge in [0.25, 0.3) is 0 Å². The van der Waals surface area contributed by atoms with Gasteiger partial charge in [0.15, 0.2) is 0 Å². The van der Waals surface area contributed by atoms with Crippen LogP contribution in [0, 0.1) is 17.3 Å². The molecule has 6 unspecified atom stereocenters. The molecule has 0 bridgehead atoms. The summed E-state index contributed by atoms with van der Waals surface area (Å²) in [5.41, 5.74) is -0.730. The van der Waals surface area contributed by atoms with E-state index in [9.17, 15) is 9.90 Å². The molecule has 6 atom stereocenters. The van der Waals surface area contributed by atoms with E-state index < -0.39 is 11.2 Å². The standard InChI is InChI=1S/C27H40N2O5/c1-25-10-7-11-26(2,33-4)27(25,31)16-19-20(24(30)34-23(19)17-25)18-28-12-14-29(15-13-28)21-8-5-6-9-22(21)32-3/h5-6,8-9,19-20,23,31H,7,10-18H2,1-4H3. The van der Waals surface area contributed by atoms with Crippen molar-refractivity contribution in [2.24, 2.45) is 17.3 Å². The van der Waals surface area contributed by atoms with Crippen LogP contribution in [0.15, 0.2) is 24.3 Å². The average Bonchev–Trinajstić information content (AvgIpc) is 3.12. The molecule has 0 amide bonds. The van der Waals surface area contributed by atoms with Crippen molar-refractivity contribution in [3.8, 4) is 5.75 Å².